The fraction of sp³-hybridized carbons (Fsp3) is 0.308. The number of hydrogen-bond donors (Lipinski definition) is 2. The molecule has 2 aromatic rings. The van der Waals surface area contributed by atoms with Gasteiger partial charge >= 0.3 is 0 Å². The summed E-state index contributed by atoms with van der Waals surface area (Å²) in [7, 11) is 0. The van der Waals surface area contributed by atoms with Gasteiger partial charge in [0.25, 0.3) is 0 Å². The van der Waals surface area contributed by atoms with Gasteiger partial charge in [-0.25, -0.2) is 0 Å². The second kappa shape index (κ2) is 4.69. The van der Waals surface area contributed by atoms with Crippen molar-refractivity contribution in [3.05, 3.63) is 42.1 Å². The number of rotatable bonds is 2. The Balaban J connectivity index is 1.83. The predicted molar refractivity (Wildman–Crippen MR) is 65.6 cm³/mol. The number of H-pyrrole nitrogens is 1. The minimum atomic E-state index is 0.230. The molecule has 1 aromatic carbocycles. The molecule has 1 aliphatic heterocycles. The van der Waals surface area contributed by atoms with Crippen LogP contribution < -0.4 is 5.32 Å². The van der Waals surface area contributed by atoms with Crippen LogP contribution in [0.5, 0.6) is 0 Å². The summed E-state index contributed by atoms with van der Waals surface area (Å²) < 4.78 is 5.44. The van der Waals surface area contributed by atoms with Crippen LogP contribution >= 0.6 is 0 Å². The Bertz CT molecular complexity index is 474. The van der Waals surface area contributed by atoms with Crippen LogP contribution in [0.4, 0.5) is 0 Å². The van der Waals surface area contributed by atoms with Gasteiger partial charge < -0.3 is 10.1 Å². The second-order valence-electron chi connectivity index (χ2n) is 4.16. The maximum absolute atomic E-state index is 5.44. The fourth-order valence-electron chi connectivity index (χ4n) is 2.04. The molecule has 17 heavy (non-hydrogen) atoms. The van der Waals surface area contributed by atoms with Crippen LogP contribution in [0.1, 0.15) is 11.7 Å². The molecule has 4 nitrogen and oxygen atoms in total. The molecular formula is C13H15N3O. The highest BCUT2D eigenvalue weighted by atomic mass is 16.5. The van der Waals surface area contributed by atoms with Crippen LogP contribution in [0.3, 0.4) is 0 Å². The number of nitrogens with one attached hydrogen (secondary N) is 2. The first kappa shape index (κ1) is 10.5. The Morgan fingerprint density at radius 3 is 2.88 bits per heavy atom. The van der Waals surface area contributed by atoms with E-state index >= 15 is 0 Å². The van der Waals surface area contributed by atoms with Crippen LogP contribution in [-0.2, 0) is 4.74 Å². The Hall–Kier alpha value is -1.65. The number of benzene rings is 1. The smallest absolute Gasteiger partial charge is 0.0924 e. The third kappa shape index (κ3) is 2.23. The number of ether oxygens (including phenoxy) is 1. The molecule has 0 bridgehead atoms. The zero-order valence-electron chi connectivity index (χ0n) is 9.52. The highest BCUT2D eigenvalue weighted by molar-refractivity contribution is 5.59. The zero-order valence-corrected chi connectivity index (χ0v) is 9.52. The summed E-state index contributed by atoms with van der Waals surface area (Å²) in [6.45, 7) is 2.39. The molecule has 2 heterocycles. The first-order valence-corrected chi connectivity index (χ1v) is 5.85. The van der Waals surface area contributed by atoms with E-state index in [0.717, 1.165) is 30.1 Å². The van der Waals surface area contributed by atoms with Crippen molar-refractivity contribution in [3.8, 4) is 11.3 Å². The van der Waals surface area contributed by atoms with Gasteiger partial charge in [0, 0.05) is 12.1 Å². The average Bonchev–Trinajstić information content (AvgIpc) is 2.90. The Morgan fingerprint density at radius 2 is 2.12 bits per heavy atom. The molecule has 0 aliphatic carbocycles. The average molecular weight is 229 g/mol. The van der Waals surface area contributed by atoms with Crippen LogP contribution in [0.15, 0.2) is 36.4 Å². The van der Waals surface area contributed by atoms with Gasteiger partial charge in [-0.05, 0) is 6.07 Å². The van der Waals surface area contributed by atoms with E-state index in [2.05, 4.69) is 33.7 Å². The minimum absolute atomic E-state index is 0.230. The Kier molecular flexibility index (Phi) is 2.90. The van der Waals surface area contributed by atoms with Gasteiger partial charge in [-0.15, -0.1) is 0 Å². The first-order chi connectivity index (χ1) is 8.43. The topological polar surface area (TPSA) is 49.9 Å². The van der Waals surface area contributed by atoms with E-state index in [1.54, 1.807) is 0 Å². The monoisotopic (exact) mass is 229 g/mol. The summed E-state index contributed by atoms with van der Waals surface area (Å²) in [5.74, 6) is 0. The minimum Gasteiger partial charge on any atom is -0.378 e. The normalized spacial score (nSPS) is 20.4. The maximum atomic E-state index is 5.44. The molecule has 1 unspecified atom stereocenters. The molecule has 0 saturated carbocycles. The molecule has 1 fully saturated rings. The van der Waals surface area contributed by atoms with E-state index in [-0.39, 0.29) is 6.04 Å². The molecular weight excluding hydrogens is 214 g/mol. The predicted octanol–water partition coefficient (Wildman–Crippen LogP) is 1.74. The van der Waals surface area contributed by atoms with Crippen molar-refractivity contribution >= 4 is 0 Å². The van der Waals surface area contributed by atoms with Crippen molar-refractivity contribution in [2.75, 3.05) is 19.8 Å². The summed E-state index contributed by atoms with van der Waals surface area (Å²) in [6.07, 6.45) is 0. The van der Waals surface area contributed by atoms with Crippen molar-refractivity contribution in [2.45, 2.75) is 6.04 Å². The SMILES string of the molecule is c1ccc(-c2cc(C3COCCN3)[nH]n2)cc1. The highest BCUT2D eigenvalue weighted by Crippen LogP contribution is 2.21. The highest BCUT2D eigenvalue weighted by Gasteiger charge is 2.17. The first-order valence-electron chi connectivity index (χ1n) is 5.85. The number of nitrogens with zero attached hydrogens (tertiary/aromatic N) is 1. The number of morpholine rings is 1. The number of aromatic nitrogens is 2. The van der Waals surface area contributed by atoms with Crippen LogP contribution in [0, 0.1) is 0 Å². The lowest BCUT2D eigenvalue weighted by atomic mass is 10.1. The summed E-state index contributed by atoms with van der Waals surface area (Å²) >= 11 is 0. The zero-order chi connectivity index (χ0) is 11.5. The van der Waals surface area contributed by atoms with Gasteiger partial charge in [0.15, 0.2) is 0 Å². The Morgan fingerprint density at radius 1 is 1.24 bits per heavy atom. The quantitative estimate of drug-likeness (QED) is 0.824. The van der Waals surface area contributed by atoms with E-state index in [9.17, 15) is 0 Å². The molecule has 1 aromatic heterocycles. The standard InChI is InChI=1S/C13H15N3O/c1-2-4-10(5-3-1)11-8-12(16-15-11)13-9-17-7-6-14-13/h1-5,8,13-14H,6-7,9H2,(H,15,16). The largest absolute Gasteiger partial charge is 0.378 e. The summed E-state index contributed by atoms with van der Waals surface area (Å²) in [5, 5.41) is 10.8. The second-order valence-corrected chi connectivity index (χ2v) is 4.16. The maximum Gasteiger partial charge on any atom is 0.0924 e. The van der Waals surface area contributed by atoms with Crippen molar-refractivity contribution in [1.29, 1.82) is 0 Å². The van der Waals surface area contributed by atoms with Gasteiger partial charge in [-0.2, -0.15) is 5.10 Å². The van der Waals surface area contributed by atoms with Crippen LogP contribution in [-0.4, -0.2) is 30.0 Å². The van der Waals surface area contributed by atoms with Gasteiger partial charge in [-0.1, -0.05) is 30.3 Å². The number of hydrogen-bond acceptors (Lipinski definition) is 3. The molecule has 1 atom stereocenters. The van der Waals surface area contributed by atoms with E-state index in [0.29, 0.717) is 6.61 Å². The molecule has 0 amide bonds. The third-order valence-corrected chi connectivity index (χ3v) is 2.96. The van der Waals surface area contributed by atoms with Crippen LogP contribution in [0.25, 0.3) is 11.3 Å². The van der Waals surface area contributed by atoms with E-state index in [1.165, 1.54) is 0 Å². The van der Waals surface area contributed by atoms with Gasteiger partial charge in [0.1, 0.15) is 0 Å². The van der Waals surface area contributed by atoms with Crippen molar-refractivity contribution < 1.29 is 4.74 Å². The Labute approximate surface area is 100 Å². The van der Waals surface area contributed by atoms with Gasteiger partial charge in [-0.3, -0.25) is 5.10 Å². The molecule has 88 valence electrons. The summed E-state index contributed by atoms with van der Waals surface area (Å²) in [5.41, 5.74) is 3.20. The molecule has 4 heteroatoms. The van der Waals surface area contributed by atoms with Crippen molar-refractivity contribution in [3.63, 3.8) is 0 Å². The van der Waals surface area contributed by atoms with E-state index in [4.69, 9.17) is 4.74 Å². The lowest BCUT2D eigenvalue weighted by Gasteiger charge is -2.22. The lowest BCUT2D eigenvalue weighted by molar-refractivity contribution is 0.0756. The van der Waals surface area contributed by atoms with Crippen molar-refractivity contribution in [1.82, 2.24) is 15.5 Å². The van der Waals surface area contributed by atoms with Crippen LogP contribution in [0.2, 0.25) is 0 Å². The molecule has 1 saturated heterocycles. The molecule has 1 aliphatic rings. The van der Waals surface area contributed by atoms with E-state index < -0.39 is 0 Å². The molecule has 0 radical (unpaired) electrons. The molecule has 0 spiro atoms. The number of aromatic amines is 1. The van der Waals surface area contributed by atoms with Crippen molar-refractivity contribution in [2.24, 2.45) is 0 Å². The lowest BCUT2D eigenvalue weighted by Crippen LogP contribution is -2.34. The van der Waals surface area contributed by atoms with Gasteiger partial charge in [0.2, 0.25) is 0 Å². The summed E-state index contributed by atoms with van der Waals surface area (Å²) in [4.78, 5) is 0. The molecule has 3 rings (SSSR count). The third-order valence-electron chi connectivity index (χ3n) is 2.96. The fourth-order valence-corrected chi connectivity index (χ4v) is 2.04. The summed E-state index contributed by atoms with van der Waals surface area (Å²) in [6, 6.07) is 12.5. The molecule has 2 N–H and O–H groups in total. The van der Waals surface area contributed by atoms with E-state index in [1.807, 2.05) is 18.2 Å². The van der Waals surface area contributed by atoms with Gasteiger partial charge in [0.05, 0.1) is 30.6 Å².